The van der Waals surface area contributed by atoms with Crippen LogP contribution in [0.4, 0.5) is 0 Å². The van der Waals surface area contributed by atoms with Crippen molar-refractivity contribution < 1.29 is 29.6 Å². The van der Waals surface area contributed by atoms with Crippen LogP contribution in [0.1, 0.15) is 131 Å². The Morgan fingerprint density at radius 3 is 2.56 bits per heavy atom. The molecule has 6 atom stereocenters. The van der Waals surface area contributed by atoms with Crippen molar-refractivity contribution in [2.75, 3.05) is 12.4 Å². The molecule has 5 aromatic rings. The van der Waals surface area contributed by atoms with E-state index in [1.807, 2.05) is 24.3 Å². The molecule has 0 unspecified atom stereocenters. The monoisotopic (exact) mass is 949 g/mol. The summed E-state index contributed by atoms with van der Waals surface area (Å²) in [6, 6.07) is 27.2. The van der Waals surface area contributed by atoms with Gasteiger partial charge in [-0.3, -0.25) is 9.59 Å². The third-order valence-electron chi connectivity index (χ3n) is 15.3. The van der Waals surface area contributed by atoms with E-state index in [0.29, 0.717) is 72.1 Å². The van der Waals surface area contributed by atoms with Crippen LogP contribution in [0.2, 0.25) is 0 Å². The summed E-state index contributed by atoms with van der Waals surface area (Å²) in [5.74, 6) is 8.68. The number of nitrogens with one attached hydrogen (secondary N) is 1. The van der Waals surface area contributed by atoms with Gasteiger partial charge in [0.25, 0.3) is 0 Å². The lowest BCUT2D eigenvalue weighted by Gasteiger charge is -2.45. The number of ether oxygens (including phenoxy) is 1. The van der Waals surface area contributed by atoms with Gasteiger partial charge in [-0.25, -0.2) is 0 Å². The Kier molecular flexibility index (Phi) is 14.6. The Hall–Kier alpha value is -5.22. The number of Topliss-reactive ketones (excluding diaryl/α,β-unsaturated/α-hetero) is 1. The number of aryl methyl sites for hydroxylation is 2. The summed E-state index contributed by atoms with van der Waals surface area (Å²) in [4.78, 5) is 31.2. The Balaban J connectivity index is 1.06. The van der Waals surface area contributed by atoms with Crippen molar-refractivity contribution in [3.63, 3.8) is 0 Å². The average molecular weight is 950 g/mol. The van der Waals surface area contributed by atoms with E-state index in [4.69, 9.17) is 16.2 Å². The van der Waals surface area contributed by atoms with Gasteiger partial charge in [0.15, 0.2) is 23.1 Å². The summed E-state index contributed by atoms with van der Waals surface area (Å²) in [5.41, 5.74) is 20.7. The number of hydrogen-bond acceptors (Lipinski definition) is 10. The number of aromatic hydroxyl groups is 2. The summed E-state index contributed by atoms with van der Waals surface area (Å²) in [7, 11) is 3.48. The predicted molar refractivity (Wildman–Crippen MR) is 273 cm³/mol. The smallest absolute Gasteiger partial charge is 0.165 e. The number of ketones is 2. The zero-order valence-corrected chi connectivity index (χ0v) is 40.5. The number of nitrogens with two attached hydrogens (primary N) is 2. The zero-order chi connectivity index (χ0) is 47.4. The topological polar surface area (TPSA) is 172 Å². The molecule has 8 bridgehead atoms. The van der Waals surface area contributed by atoms with Crippen molar-refractivity contribution in [3.8, 4) is 29.1 Å². The van der Waals surface area contributed by atoms with E-state index >= 15 is 0 Å². The van der Waals surface area contributed by atoms with Gasteiger partial charge in [-0.1, -0.05) is 101 Å². The van der Waals surface area contributed by atoms with Crippen LogP contribution in [0.25, 0.3) is 0 Å². The van der Waals surface area contributed by atoms with E-state index < -0.39 is 18.2 Å². The Labute approximate surface area is 408 Å². The first-order chi connectivity index (χ1) is 32.9. The van der Waals surface area contributed by atoms with Gasteiger partial charge in [-0.15, -0.1) is 0 Å². The fourth-order valence-electron chi connectivity index (χ4n) is 11.5. The molecule has 1 aliphatic heterocycles. The molecule has 1 aromatic heterocycles. The van der Waals surface area contributed by atoms with Crippen molar-refractivity contribution in [2.24, 2.45) is 34.1 Å². The number of aliphatic hydroxyl groups excluding tert-OH is 1. The lowest BCUT2D eigenvalue weighted by molar-refractivity contribution is -0.114. The molecule has 2 heterocycles. The number of carbonyl (C=O) groups is 2. The highest BCUT2D eigenvalue weighted by atomic mass is 33.1. The molecule has 3 aliphatic carbocycles. The van der Waals surface area contributed by atoms with Crippen molar-refractivity contribution in [2.45, 2.75) is 108 Å². The Morgan fingerprint density at radius 2 is 1.74 bits per heavy atom. The normalized spacial score (nSPS) is 25.2. The molecular weight excluding hydrogens is 887 g/mol. The molecule has 4 aromatic carbocycles. The van der Waals surface area contributed by atoms with Crippen LogP contribution in [-0.4, -0.2) is 50.3 Å². The minimum absolute atomic E-state index is 0.0120. The third kappa shape index (κ3) is 10.5. The quantitative estimate of drug-likeness (QED) is 0.0547. The number of carbonyl (C=O) groups excluding carboxylic acids is 2. The van der Waals surface area contributed by atoms with Crippen LogP contribution in [0.15, 0.2) is 103 Å². The molecule has 11 heteroatoms. The number of H-pyrrole nitrogens is 1. The van der Waals surface area contributed by atoms with Crippen molar-refractivity contribution in [1.29, 1.82) is 0 Å². The van der Waals surface area contributed by atoms with E-state index in [2.05, 4.69) is 66.2 Å². The SMILES string of the molecule is C[C@H](CCc1ccccc1)C[C@@H]1CC[C@]23CSSCc4cc5c(cc4C(N)N)C#CCc4[nH]ccc4C(=O)C[C@@H]5c4cc(ccc4O)CCOc4cc(ccc4O)CCC(=O)/C=C/[C@]1(C[C@H]2O)C3. The molecule has 68 heavy (non-hydrogen) atoms. The highest BCUT2D eigenvalue weighted by molar-refractivity contribution is 8.76. The fourth-order valence-corrected chi connectivity index (χ4v) is 14.3. The molecule has 0 radical (unpaired) electrons. The third-order valence-corrected chi connectivity index (χ3v) is 17.8. The lowest BCUT2D eigenvalue weighted by atomic mass is 9.61. The van der Waals surface area contributed by atoms with Crippen molar-refractivity contribution in [1.82, 2.24) is 4.98 Å². The molecule has 9 nitrogen and oxygen atoms in total. The molecule has 2 saturated carbocycles. The molecule has 9 rings (SSSR count). The second-order valence-electron chi connectivity index (χ2n) is 19.9. The first kappa shape index (κ1) is 47.8. The van der Waals surface area contributed by atoms with E-state index in [9.17, 15) is 24.9 Å². The van der Waals surface area contributed by atoms with Crippen LogP contribution >= 0.6 is 21.6 Å². The second-order valence-corrected chi connectivity index (χ2v) is 22.4. The van der Waals surface area contributed by atoms with Crippen molar-refractivity contribution >= 4 is 33.2 Å². The average Bonchev–Trinajstić information content (AvgIpc) is 3.90. The van der Waals surface area contributed by atoms with Crippen molar-refractivity contribution in [3.05, 3.63) is 159 Å². The largest absolute Gasteiger partial charge is 0.508 e. The summed E-state index contributed by atoms with van der Waals surface area (Å²) in [6.45, 7) is 2.59. The number of allylic oxidation sites excluding steroid dienone is 2. The first-order valence-corrected chi connectivity index (χ1v) is 26.7. The maximum atomic E-state index is 14.3. The fraction of sp³-hybridized carbons (Fsp3) is 0.404. The molecule has 8 N–H and O–H groups in total. The maximum Gasteiger partial charge on any atom is 0.165 e. The molecule has 4 aliphatic rings. The summed E-state index contributed by atoms with van der Waals surface area (Å²) in [5, 5.41) is 34.6. The van der Waals surface area contributed by atoms with E-state index in [-0.39, 0.29) is 46.9 Å². The minimum atomic E-state index is -0.781. The van der Waals surface area contributed by atoms with Gasteiger partial charge < -0.3 is 36.5 Å². The van der Waals surface area contributed by atoms with Gasteiger partial charge in [0, 0.05) is 70.7 Å². The van der Waals surface area contributed by atoms with Crippen LogP contribution in [0, 0.1) is 34.5 Å². The Bertz CT molecular complexity index is 2740. The highest BCUT2D eigenvalue weighted by Gasteiger charge is 2.59. The molecule has 2 fully saturated rings. The van der Waals surface area contributed by atoms with E-state index in [0.717, 1.165) is 77.8 Å². The number of benzene rings is 4. The van der Waals surface area contributed by atoms with E-state index in [1.165, 1.54) is 5.56 Å². The number of phenols is 2. The van der Waals surface area contributed by atoms with Crippen LogP contribution < -0.4 is 16.2 Å². The van der Waals surface area contributed by atoms with Crippen LogP contribution in [0.5, 0.6) is 17.2 Å². The molecule has 354 valence electrons. The first-order valence-electron chi connectivity index (χ1n) is 24.2. The van der Waals surface area contributed by atoms with Gasteiger partial charge in [0.2, 0.25) is 0 Å². The zero-order valence-electron chi connectivity index (χ0n) is 38.8. The van der Waals surface area contributed by atoms with Gasteiger partial charge in [-0.2, -0.15) is 0 Å². The number of hydrogen-bond donors (Lipinski definition) is 6. The minimum Gasteiger partial charge on any atom is -0.508 e. The molecule has 0 saturated heterocycles. The van der Waals surface area contributed by atoms with Crippen LogP contribution in [-0.2, 0) is 36.2 Å². The number of aliphatic hydroxyl groups is 1. The predicted octanol–water partition coefficient (Wildman–Crippen LogP) is 10.4. The summed E-state index contributed by atoms with van der Waals surface area (Å²) >= 11 is 0. The van der Waals surface area contributed by atoms with E-state index in [1.54, 1.807) is 58.1 Å². The standard InChI is InChI=1S/C57H63N3O6S2/c1-36(10-11-37-6-3-2-4-7-37)26-42-18-22-57-34-56(42,32-54(57)65)23-19-43(61)15-12-38-14-17-51(63)53(28-38)66-25-21-39-13-16-50(62)48(27-39)47-31-52(64)44-20-24-60-49(44)9-5-8-40-29-46(55(58)59)41(30-45(40)47)33-67-68-35-57/h2-4,6-7,13-14,16-17,19-20,23-24,27-30,36,42,47,54-55,60,62-63,65H,9-12,15,18,21-22,25-26,31-35,58-59H2,1H3/b23-19+/t36-,42+,47+,54-,56+,57+/m1/s1. The molecule has 0 amide bonds. The van der Waals surface area contributed by atoms with Gasteiger partial charge in [0.1, 0.15) is 5.75 Å². The number of phenolic OH excluding ortho intramolecular Hbond substituents is 2. The lowest BCUT2D eigenvalue weighted by Crippen LogP contribution is -2.38. The number of rotatable bonds is 6. The summed E-state index contributed by atoms with van der Waals surface area (Å²) in [6.07, 6.45) is 12.7. The van der Waals surface area contributed by atoms with Crippen LogP contribution in [0.3, 0.4) is 0 Å². The van der Waals surface area contributed by atoms with Gasteiger partial charge >= 0.3 is 0 Å². The molecule has 0 spiro atoms. The van der Waals surface area contributed by atoms with Gasteiger partial charge in [-0.05, 0) is 138 Å². The number of fused-ring (bicyclic) bond motifs is 7. The maximum absolute atomic E-state index is 14.3. The van der Waals surface area contributed by atoms with Gasteiger partial charge in [0.05, 0.1) is 25.3 Å². The molecular formula is C57H63N3O6S2. The number of aromatic nitrogens is 1. The second kappa shape index (κ2) is 20.8. The Morgan fingerprint density at radius 1 is 0.926 bits per heavy atom. The highest BCUT2D eigenvalue weighted by Crippen LogP contribution is 2.64. The summed E-state index contributed by atoms with van der Waals surface area (Å²) < 4.78 is 6.18. The number of aromatic amines is 1.